The van der Waals surface area contributed by atoms with Crippen LogP contribution in [0.15, 0.2) is 29.6 Å². The lowest BCUT2D eigenvalue weighted by atomic mass is 9.96. The molecule has 0 radical (unpaired) electrons. The number of ether oxygens (including phenoxy) is 1. The van der Waals surface area contributed by atoms with Crippen LogP contribution < -0.4 is 15.8 Å². The average molecular weight is 319 g/mol. The van der Waals surface area contributed by atoms with Crippen molar-refractivity contribution in [2.24, 2.45) is 11.7 Å². The normalized spacial score (nSPS) is 12.2. The van der Waals surface area contributed by atoms with Gasteiger partial charge < -0.3 is 15.8 Å². The van der Waals surface area contributed by atoms with Crippen molar-refractivity contribution in [3.05, 3.63) is 45.9 Å². The largest absolute Gasteiger partial charge is 0.497 e. The van der Waals surface area contributed by atoms with Gasteiger partial charge in [0, 0.05) is 11.9 Å². The Bertz CT molecular complexity index is 623. The average Bonchev–Trinajstić information content (AvgIpc) is 3.01. The second-order valence-electron chi connectivity index (χ2n) is 5.30. The highest BCUT2D eigenvalue weighted by Crippen LogP contribution is 2.24. The molecule has 0 saturated carbocycles. The Labute approximate surface area is 134 Å². The van der Waals surface area contributed by atoms with Crippen LogP contribution in [0.25, 0.3) is 0 Å². The zero-order valence-corrected chi connectivity index (χ0v) is 13.8. The number of benzene rings is 1. The number of nitrogens with one attached hydrogen (secondary N) is 1. The van der Waals surface area contributed by atoms with Crippen molar-refractivity contribution < 1.29 is 9.53 Å². The molecule has 1 aromatic carbocycles. The topological polar surface area (TPSA) is 77.2 Å². The van der Waals surface area contributed by atoms with Gasteiger partial charge in [-0.2, -0.15) is 0 Å². The Hall–Kier alpha value is -1.92. The zero-order valence-electron chi connectivity index (χ0n) is 13.0. The van der Waals surface area contributed by atoms with Gasteiger partial charge in [-0.05, 0) is 23.6 Å². The molecule has 1 heterocycles. The monoisotopic (exact) mass is 319 g/mol. The Morgan fingerprint density at radius 2 is 2.05 bits per heavy atom. The summed E-state index contributed by atoms with van der Waals surface area (Å²) in [5, 5.41) is 5.55. The molecule has 0 aliphatic rings. The number of nitrogens with zero attached hydrogens (tertiary/aromatic N) is 1. The third-order valence-electron chi connectivity index (χ3n) is 3.39. The van der Waals surface area contributed by atoms with Gasteiger partial charge in [0.15, 0.2) is 0 Å². The van der Waals surface area contributed by atoms with E-state index in [9.17, 15) is 4.79 Å². The second kappa shape index (κ2) is 7.38. The lowest BCUT2D eigenvalue weighted by molar-refractivity contribution is 0.0921. The number of hydrogen-bond acceptors (Lipinski definition) is 5. The summed E-state index contributed by atoms with van der Waals surface area (Å²) < 4.78 is 5.17. The molecular weight excluding hydrogens is 298 g/mol. The van der Waals surface area contributed by atoms with Crippen molar-refractivity contribution >= 4 is 17.2 Å². The lowest BCUT2D eigenvalue weighted by Crippen LogP contribution is -2.32. The summed E-state index contributed by atoms with van der Waals surface area (Å²) in [5.74, 6) is 0.875. The van der Waals surface area contributed by atoms with Gasteiger partial charge in [-0.3, -0.25) is 4.79 Å². The van der Waals surface area contributed by atoms with Crippen LogP contribution in [0.3, 0.4) is 0 Å². The van der Waals surface area contributed by atoms with Gasteiger partial charge in [-0.25, -0.2) is 4.98 Å². The quantitative estimate of drug-likeness (QED) is 0.858. The SMILES string of the molecule is COc1ccc(C(NC(=O)c2csc(CN)n2)C(C)C)cc1. The first-order valence-electron chi connectivity index (χ1n) is 7.14. The van der Waals surface area contributed by atoms with Crippen LogP contribution in [0.4, 0.5) is 0 Å². The number of carbonyl (C=O) groups is 1. The first kappa shape index (κ1) is 16.5. The van der Waals surface area contributed by atoms with Gasteiger partial charge in [-0.15, -0.1) is 11.3 Å². The molecule has 22 heavy (non-hydrogen) atoms. The van der Waals surface area contributed by atoms with E-state index in [1.807, 2.05) is 24.3 Å². The summed E-state index contributed by atoms with van der Waals surface area (Å²) in [6.45, 7) is 4.49. The Kier molecular flexibility index (Phi) is 5.51. The minimum Gasteiger partial charge on any atom is -0.497 e. The highest BCUT2D eigenvalue weighted by molar-refractivity contribution is 7.09. The van der Waals surface area contributed by atoms with Gasteiger partial charge >= 0.3 is 0 Å². The van der Waals surface area contributed by atoms with Crippen molar-refractivity contribution in [3.63, 3.8) is 0 Å². The molecular formula is C16H21N3O2S. The van der Waals surface area contributed by atoms with Crippen molar-refractivity contribution in [1.29, 1.82) is 0 Å². The van der Waals surface area contributed by atoms with Crippen LogP contribution in [0.2, 0.25) is 0 Å². The molecule has 0 fully saturated rings. The van der Waals surface area contributed by atoms with Crippen LogP contribution in [-0.2, 0) is 6.54 Å². The third kappa shape index (κ3) is 3.84. The standard InChI is InChI=1S/C16H21N3O2S/c1-10(2)15(11-4-6-12(21-3)7-5-11)19-16(20)13-9-22-14(8-17)18-13/h4-7,9-10,15H,8,17H2,1-3H3,(H,19,20). The highest BCUT2D eigenvalue weighted by Gasteiger charge is 2.20. The number of amides is 1. The van der Waals surface area contributed by atoms with E-state index in [0.29, 0.717) is 12.2 Å². The maximum Gasteiger partial charge on any atom is 0.271 e. The van der Waals surface area contributed by atoms with Gasteiger partial charge in [-0.1, -0.05) is 26.0 Å². The molecule has 1 atom stereocenters. The molecule has 1 aromatic heterocycles. The summed E-state index contributed by atoms with van der Waals surface area (Å²) in [6, 6.07) is 7.64. The molecule has 118 valence electrons. The van der Waals surface area contributed by atoms with Gasteiger partial charge in [0.2, 0.25) is 0 Å². The number of aromatic nitrogens is 1. The minimum absolute atomic E-state index is 0.0820. The molecule has 5 nitrogen and oxygen atoms in total. The Morgan fingerprint density at radius 3 is 2.55 bits per heavy atom. The van der Waals surface area contributed by atoms with Crippen LogP contribution in [0.5, 0.6) is 5.75 Å². The van der Waals surface area contributed by atoms with Gasteiger partial charge in [0.25, 0.3) is 5.91 Å². The molecule has 3 N–H and O–H groups in total. The van der Waals surface area contributed by atoms with E-state index in [1.54, 1.807) is 12.5 Å². The van der Waals surface area contributed by atoms with E-state index >= 15 is 0 Å². The maximum absolute atomic E-state index is 12.4. The summed E-state index contributed by atoms with van der Waals surface area (Å²) >= 11 is 1.40. The van der Waals surface area contributed by atoms with E-state index in [1.165, 1.54) is 11.3 Å². The number of rotatable bonds is 6. The van der Waals surface area contributed by atoms with Crippen LogP contribution in [0, 0.1) is 5.92 Å². The fourth-order valence-corrected chi connectivity index (χ4v) is 2.82. The molecule has 0 aliphatic heterocycles. The van der Waals surface area contributed by atoms with Crippen molar-refractivity contribution in [2.45, 2.75) is 26.4 Å². The molecule has 6 heteroatoms. The van der Waals surface area contributed by atoms with E-state index in [2.05, 4.69) is 24.1 Å². The third-order valence-corrected chi connectivity index (χ3v) is 4.26. The predicted octanol–water partition coefficient (Wildman–Crippen LogP) is 2.74. The molecule has 0 spiro atoms. The number of methoxy groups -OCH3 is 1. The van der Waals surface area contributed by atoms with Gasteiger partial charge in [0.05, 0.1) is 13.2 Å². The number of carbonyl (C=O) groups excluding carboxylic acids is 1. The van der Waals surface area contributed by atoms with Crippen LogP contribution in [0.1, 0.15) is 40.9 Å². The number of hydrogen-bond donors (Lipinski definition) is 2. The van der Waals surface area contributed by atoms with E-state index < -0.39 is 0 Å². The fourth-order valence-electron chi connectivity index (χ4n) is 2.17. The van der Waals surface area contributed by atoms with E-state index in [4.69, 9.17) is 10.5 Å². The molecule has 0 aliphatic carbocycles. The summed E-state index contributed by atoms with van der Waals surface area (Å²) in [5.41, 5.74) is 7.00. The van der Waals surface area contributed by atoms with Crippen LogP contribution >= 0.6 is 11.3 Å². The van der Waals surface area contributed by atoms with Crippen LogP contribution in [-0.4, -0.2) is 18.0 Å². The molecule has 0 bridgehead atoms. The number of thiazole rings is 1. The first-order chi connectivity index (χ1) is 10.5. The van der Waals surface area contributed by atoms with Gasteiger partial charge in [0.1, 0.15) is 16.5 Å². The molecule has 1 amide bonds. The Balaban J connectivity index is 2.15. The smallest absolute Gasteiger partial charge is 0.271 e. The molecule has 2 aromatic rings. The maximum atomic E-state index is 12.4. The lowest BCUT2D eigenvalue weighted by Gasteiger charge is -2.22. The van der Waals surface area contributed by atoms with Crippen molar-refractivity contribution in [3.8, 4) is 5.75 Å². The molecule has 2 rings (SSSR count). The Morgan fingerprint density at radius 1 is 1.36 bits per heavy atom. The zero-order chi connectivity index (χ0) is 16.1. The summed E-state index contributed by atoms with van der Waals surface area (Å²) in [6.07, 6.45) is 0. The van der Waals surface area contributed by atoms with Crippen molar-refractivity contribution in [2.75, 3.05) is 7.11 Å². The summed E-state index contributed by atoms with van der Waals surface area (Å²) in [4.78, 5) is 16.6. The summed E-state index contributed by atoms with van der Waals surface area (Å²) in [7, 11) is 1.63. The highest BCUT2D eigenvalue weighted by atomic mass is 32.1. The molecule has 1 unspecified atom stereocenters. The first-order valence-corrected chi connectivity index (χ1v) is 8.02. The second-order valence-corrected chi connectivity index (χ2v) is 6.24. The van der Waals surface area contributed by atoms with Crippen molar-refractivity contribution in [1.82, 2.24) is 10.3 Å². The number of nitrogens with two attached hydrogens (primary N) is 1. The minimum atomic E-state index is -0.175. The van der Waals surface area contributed by atoms with E-state index in [0.717, 1.165) is 16.3 Å². The molecule has 0 saturated heterocycles. The van der Waals surface area contributed by atoms with E-state index in [-0.39, 0.29) is 17.9 Å². The predicted molar refractivity (Wildman–Crippen MR) is 88.0 cm³/mol. The fraction of sp³-hybridized carbons (Fsp3) is 0.375.